The Labute approximate surface area is 188 Å². The number of nitrogens with zero attached hydrogens (tertiary/aromatic N) is 4. The van der Waals surface area contributed by atoms with Crippen molar-refractivity contribution < 1.29 is 14.7 Å². The fraction of sp³-hybridized carbons (Fsp3) is 0.652. The SMILES string of the molecule is O=C(c1ccc(CN2CC3CN(C(=O)O)C(N4CCCC4)C3C2)c(Cl)c1)N1CCCC1. The van der Waals surface area contributed by atoms with Crippen molar-refractivity contribution in [2.75, 3.05) is 45.8 Å². The molecule has 4 heterocycles. The zero-order chi connectivity index (χ0) is 21.5. The number of halogens is 1. The molecule has 3 atom stereocenters. The van der Waals surface area contributed by atoms with E-state index < -0.39 is 6.09 Å². The lowest BCUT2D eigenvalue weighted by atomic mass is 9.97. The van der Waals surface area contributed by atoms with Crippen molar-refractivity contribution in [2.45, 2.75) is 38.4 Å². The van der Waals surface area contributed by atoms with E-state index in [-0.39, 0.29) is 12.1 Å². The van der Waals surface area contributed by atoms with Gasteiger partial charge in [0, 0.05) is 68.9 Å². The second-order valence-electron chi connectivity index (χ2n) is 9.52. The maximum Gasteiger partial charge on any atom is 0.408 e. The predicted octanol–water partition coefficient (Wildman–Crippen LogP) is 3.04. The molecular weight excluding hydrogens is 416 g/mol. The van der Waals surface area contributed by atoms with Gasteiger partial charge in [-0.25, -0.2) is 4.79 Å². The van der Waals surface area contributed by atoms with Crippen LogP contribution in [0.5, 0.6) is 0 Å². The molecular formula is C23H31ClN4O3. The fourth-order valence-electron chi connectivity index (χ4n) is 6.06. The first-order valence-corrected chi connectivity index (χ1v) is 11.9. The van der Waals surface area contributed by atoms with E-state index in [2.05, 4.69) is 9.80 Å². The highest BCUT2D eigenvalue weighted by molar-refractivity contribution is 6.31. The van der Waals surface area contributed by atoms with Crippen molar-refractivity contribution in [3.8, 4) is 0 Å². The van der Waals surface area contributed by atoms with Crippen LogP contribution in [0.1, 0.15) is 41.6 Å². The van der Waals surface area contributed by atoms with Crippen LogP contribution in [-0.2, 0) is 6.54 Å². The molecule has 0 radical (unpaired) electrons. The van der Waals surface area contributed by atoms with Crippen LogP contribution in [0, 0.1) is 11.8 Å². The zero-order valence-electron chi connectivity index (χ0n) is 17.9. The molecule has 3 unspecified atom stereocenters. The van der Waals surface area contributed by atoms with Gasteiger partial charge in [-0.2, -0.15) is 0 Å². The maximum atomic E-state index is 12.6. The first kappa shape index (κ1) is 21.0. The second-order valence-corrected chi connectivity index (χ2v) is 9.92. The zero-order valence-corrected chi connectivity index (χ0v) is 18.6. The molecule has 5 rings (SSSR count). The van der Waals surface area contributed by atoms with Crippen LogP contribution in [0.3, 0.4) is 0 Å². The molecule has 4 aliphatic rings. The minimum atomic E-state index is -0.792. The highest BCUT2D eigenvalue weighted by Crippen LogP contribution is 2.39. The van der Waals surface area contributed by atoms with E-state index in [0.29, 0.717) is 29.0 Å². The molecule has 4 saturated heterocycles. The molecule has 31 heavy (non-hydrogen) atoms. The van der Waals surface area contributed by atoms with Gasteiger partial charge in [-0.1, -0.05) is 17.7 Å². The van der Waals surface area contributed by atoms with Gasteiger partial charge in [-0.05, 0) is 49.3 Å². The smallest absolute Gasteiger partial charge is 0.408 e. The molecule has 4 fully saturated rings. The highest BCUT2D eigenvalue weighted by Gasteiger charge is 2.51. The van der Waals surface area contributed by atoms with Crippen molar-refractivity contribution in [1.29, 1.82) is 0 Å². The molecule has 8 heteroatoms. The van der Waals surface area contributed by atoms with Crippen LogP contribution in [0.4, 0.5) is 4.79 Å². The Balaban J connectivity index is 1.26. The lowest BCUT2D eigenvalue weighted by molar-refractivity contribution is 0.0572. The third-order valence-corrected chi connectivity index (χ3v) is 7.90. The molecule has 2 amide bonds. The molecule has 4 aliphatic heterocycles. The molecule has 0 saturated carbocycles. The molecule has 0 spiro atoms. The number of hydrogen-bond donors (Lipinski definition) is 1. The summed E-state index contributed by atoms with van der Waals surface area (Å²) in [5, 5.41) is 10.4. The van der Waals surface area contributed by atoms with E-state index >= 15 is 0 Å². The van der Waals surface area contributed by atoms with Gasteiger partial charge < -0.3 is 10.0 Å². The largest absolute Gasteiger partial charge is 0.465 e. The van der Waals surface area contributed by atoms with E-state index in [1.165, 1.54) is 0 Å². The van der Waals surface area contributed by atoms with Gasteiger partial charge in [-0.3, -0.25) is 19.5 Å². The first-order chi connectivity index (χ1) is 15.0. The number of fused-ring (bicyclic) bond motifs is 1. The second kappa shape index (κ2) is 8.60. The van der Waals surface area contributed by atoms with Crippen molar-refractivity contribution in [1.82, 2.24) is 19.6 Å². The third kappa shape index (κ3) is 4.03. The van der Waals surface area contributed by atoms with E-state index in [0.717, 1.165) is 77.1 Å². The Hall–Kier alpha value is -1.83. The number of carbonyl (C=O) groups is 2. The Kier molecular flexibility index (Phi) is 5.84. The number of carboxylic acid groups (broad SMARTS) is 1. The molecule has 0 bridgehead atoms. The molecule has 1 aromatic carbocycles. The minimum absolute atomic E-state index is 0.00549. The summed E-state index contributed by atoms with van der Waals surface area (Å²) in [6, 6.07) is 5.70. The summed E-state index contributed by atoms with van der Waals surface area (Å²) in [5.74, 6) is 0.796. The van der Waals surface area contributed by atoms with Crippen LogP contribution in [0.2, 0.25) is 5.02 Å². The summed E-state index contributed by atoms with van der Waals surface area (Å²) in [6.07, 6.45) is 3.68. The van der Waals surface area contributed by atoms with Crippen LogP contribution >= 0.6 is 11.6 Å². The van der Waals surface area contributed by atoms with Crippen LogP contribution < -0.4 is 0 Å². The van der Waals surface area contributed by atoms with Gasteiger partial charge in [0.15, 0.2) is 0 Å². The lowest BCUT2D eigenvalue weighted by Gasteiger charge is -2.34. The Bertz CT molecular complexity index is 853. The van der Waals surface area contributed by atoms with E-state index in [1.807, 2.05) is 23.1 Å². The molecule has 168 valence electrons. The summed E-state index contributed by atoms with van der Waals surface area (Å²) in [7, 11) is 0. The van der Waals surface area contributed by atoms with Gasteiger partial charge in [0.2, 0.25) is 0 Å². The van der Waals surface area contributed by atoms with Crippen molar-refractivity contribution in [2.24, 2.45) is 11.8 Å². The molecule has 0 aliphatic carbocycles. The van der Waals surface area contributed by atoms with Crippen LogP contribution in [0.25, 0.3) is 0 Å². The summed E-state index contributed by atoms with van der Waals surface area (Å²) in [4.78, 5) is 32.8. The third-order valence-electron chi connectivity index (χ3n) is 7.55. The van der Waals surface area contributed by atoms with Gasteiger partial charge >= 0.3 is 6.09 Å². The van der Waals surface area contributed by atoms with E-state index in [1.54, 1.807) is 4.90 Å². The summed E-state index contributed by atoms with van der Waals surface area (Å²) in [6.45, 7) is 6.80. The van der Waals surface area contributed by atoms with Crippen LogP contribution in [-0.4, -0.2) is 88.7 Å². The molecule has 7 nitrogen and oxygen atoms in total. The Morgan fingerprint density at radius 3 is 2.39 bits per heavy atom. The quantitative estimate of drug-likeness (QED) is 0.770. The van der Waals surface area contributed by atoms with Crippen molar-refractivity contribution in [3.05, 3.63) is 34.3 Å². The monoisotopic (exact) mass is 446 g/mol. The van der Waals surface area contributed by atoms with Crippen molar-refractivity contribution in [3.63, 3.8) is 0 Å². The predicted molar refractivity (Wildman–Crippen MR) is 118 cm³/mol. The normalized spacial score (nSPS) is 29.1. The maximum absolute atomic E-state index is 12.6. The number of hydrogen-bond acceptors (Lipinski definition) is 4. The highest BCUT2D eigenvalue weighted by atomic mass is 35.5. The standard InChI is InChI=1S/C23H31ClN4O3/c24-20-11-16(22(29)27-9-3-4-10-27)5-6-17(20)12-25-13-18-14-28(23(30)31)21(19(18)15-25)26-7-1-2-8-26/h5-6,11,18-19,21H,1-4,7-10,12-15H2,(H,30,31). The topological polar surface area (TPSA) is 67.3 Å². The van der Waals surface area contributed by atoms with Crippen molar-refractivity contribution >= 4 is 23.6 Å². The summed E-state index contributed by atoms with van der Waals surface area (Å²) in [5.41, 5.74) is 1.70. The summed E-state index contributed by atoms with van der Waals surface area (Å²) < 4.78 is 0. The number of likely N-dealkylation sites (tertiary alicyclic amines) is 4. The summed E-state index contributed by atoms with van der Waals surface area (Å²) >= 11 is 6.58. The lowest BCUT2D eigenvalue weighted by Crippen LogP contribution is -2.49. The minimum Gasteiger partial charge on any atom is -0.465 e. The van der Waals surface area contributed by atoms with E-state index in [9.17, 15) is 14.7 Å². The Morgan fingerprint density at radius 2 is 1.71 bits per heavy atom. The van der Waals surface area contributed by atoms with Gasteiger partial charge in [0.1, 0.15) is 0 Å². The molecule has 0 aromatic heterocycles. The van der Waals surface area contributed by atoms with Gasteiger partial charge in [-0.15, -0.1) is 0 Å². The fourth-order valence-corrected chi connectivity index (χ4v) is 6.30. The molecule has 1 aromatic rings. The number of carbonyl (C=O) groups excluding carboxylic acids is 1. The van der Waals surface area contributed by atoms with Crippen LogP contribution in [0.15, 0.2) is 18.2 Å². The van der Waals surface area contributed by atoms with Gasteiger partial charge in [0.05, 0.1) is 6.17 Å². The average Bonchev–Trinajstić information content (AvgIpc) is 3.52. The van der Waals surface area contributed by atoms with Gasteiger partial charge in [0.25, 0.3) is 5.91 Å². The first-order valence-electron chi connectivity index (χ1n) is 11.5. The average molecular weight is 447 g/mol. The Morgan fingerprint density at radius 1 is 1.00 bits per heavy atom. The number of amides is 2. The number of benzene rings is 1. The number of rotatable bonds is 4. The van der Waals surface area contributed by atoms with E-state index in [4.69, 9.17) is 11.6 Å². The molecule has 1 N–H and O–H groups in total.